The van der Waals surface area contributed by atoms with Gasteiger partial charge in [-0.2, -0.15) is 5.10 Å². The largest absolute Gasteiger partial charge is 0.333 e. The molecular weight excluding hydrogens is 320 g/mol. The van der Waals surface area contributed by atoms with Gasteiger partial charge in [0.05, 0.1) is 22.4 Å². The molecule has 2 heterocycles. The van der Waals surface area contributed by atoms with Crippen LogP contribution in [0.4, 0.5) is 0 Å². The summed E-state index contributed by atoms with van der Waals surface area (Å²) in [7, 11) is 1.82. The molecule has 0 fully saturated rings. The summed E-state index contributed by atoms with van der Waals surface area (Å²) >= 11 is 1.66. The van der Waals surface area contributed by atoms with Crippen LogP contribution in [-0.2, 0) is 0 Å². The summed E-state index contributed by atoms with van der Waals surface area (Å²) in [4.78, 5) is 20.3. The van der Waals surface area contributed by atoms with Crippen LogP contribution in [0.25, 0.3) is 5.69 Å². The lowest BCUT2D eigenvalue weighted by atomic mass is 10.1. The van der Waals surface area contributed by atoms with E-state index in [1.165, 1.54) is 0 Å². The Balaban J connectivity index is 1.86. The second-order valence-corrected chi connectivity index (χ2v) is 7.17. The second kappa shape index (κ2) is 6.57. The predicted molar refractivity (Wildman–Crippen MR) is 95.7 cm³/mol. The Hall–Kier alpha value is -2.47. The van der Waals surface area contributed by atoms with Gasteiger partial charge in [0, 0.05) is 29.9 Å². The molecule has 0 unspecified atom stereocenters. The highest BCUT2D eigenvalue weighted by Gasteiger charge is 2.22. The average molecular weight is 340 g/mol. The van der Waals surface area contributed by atoms with Gasteiger partial charge >= 0.3 is 0 Å². The predicted octanol–water partition coefficient (Wildman–Crippen LogP) is 3.78. The number of carbonyl (C=O) groups excluding carboxylic acids is 1. The Bertz CT molecular complexity index is 854. The van der Waals surface area contributed by atoms with Gasteiger partial charge in [-0.05, 0) is 45.0 Å². The monoisotopic (exact) mass is 340 g/mol. The number of hydrogen-bond acceptors (Lipinski definition) is 4. The highest BCUT2D eigenvalue weighted by Crippen LogP contribution is 2.27. The molecule has 6 heteroatoms. The normalized spacial score (nSPS) is 12.2. The third-order valence-corrected chi connectivity index (χ3v) is 5.00. The summed E-state index contributed by atoms with van der Waals surface area (Å²) in [5, 5.41) is 5.24. The van der Waals surface area contributed by atoms with Gasteiger partial charge in [-0.15, -0.1) is 11.3 Å². The summed E-state index contributed by atoms with van der Waals surface area (Å²) in [6.07, 6.45) is 3.58. The first-order valence-electron chi connectivity index (χ1n) is 7.78. The average Bonchev–Trinajstić information content (AvgIpc) is 3.22. The van der Waals surface area contributed by atoms with Gasteiger partial charge in [-0.3, -0.25) is 4.79 Å². The number of rotatable bonds is 4. The van der Waals surface area contributed by atoms with Crippen LogP contribution in [0.3, 0.4) is 0 Å². The van der Waals surface area contributed by atoms with Crippen LogP contribution >= 0.6 is 11.3 Å². The first kappa shape index (κ1) is 16.4. The molecule has 1 aromatic carbocycles. The quantitative estimate of drug-likeness (QED) is 0.726. The molecule has 1 atom stereocenters. The Morgan fingerprint density at radius 1 is 1.29 bits per heavy atom. The third-order valence-electron chi connectivity index (χ3n) is 4.10. The fraction of sp³-hybridized carbons (Fsp3) is 0.278. The van der Waals surface area contributed by atoms with Crippen LogP contribution in [0.1, 0.15) is 38.9 Å². The lowest BCUT2D eigenvalue weighted by Gasteiger charge is -2.24. The molecule has 0 saturated heterocycles. The van der Waals surface area contributed by atoms with Crippen molar-refractivity contribution >= 4 is 17.2 Å². The van der Waals surface area contributed by atoms with Crippen molar-refractivity contribution in [2.45, 2.75) is 26.8 Å². The molecule has 0 bridgehead atoms. The van der Waals surface area contributed by atoms with E-state index in [1.54, 1.807) is 27.1 Å². The summed E-state index contributed by atoms with van der Waals surface area (Å²) in [6.45, 7) is 6.05. The number of hydrogen-bond donors (Lipinski definition) is 0. The molecule has 0 spiro atoms. The Morgan fingerprint density at radius 2 is 2.08 bits per heavy atom. The molecule has 2 aromatic heterocycles. The van der Waals surface area contributed by atoms with Crippen LogP contribution in [0, 0.1) is 13.8 Å². The molecule has 0 saturated carbocycles. The zero-order valence-corrected chi connectivity index (χ0v) is 15.0. The first-order chi connectivity index (χ1) is 11.5. The summed E-state index contributed by atoms with van der Waals surface area (Å²) in [5.41, 5.74) is 2.48. The fourth-order valence-corrected chi connectivity index (χ4v) is 3.61. The number of aryl methyl sites for hydroxylation is 2. The molecule has 124 valence electrons. The van der Waals surface area contributed by atoms with Gasteiger partial charge in [0.15, 0.2) is 0 Å². The van der Waals surface area contributed by atoms with Gasteiger partial charge in [-0.25, -0.2) is 9.67 Å². The van der Waals surface area contributed by atoms with Crippen LogP contribution in [0.5, 0.6) is 0 Å². The highest BCUT2D eigenvalue weighted by atomic mass is 32.1. The lowest BCUT2D eigenvalue weighted by Crippen LogP contribution is -2.30. The van der Waals surface area contributed by atoms with Crippen molar-refractivity contribution in [3.05, 3.63) is 63.9 Å². The van der Waals surface area contributed by atoms with E-state index in [1.807, 2.05) is 64.3 Å². The van der Waals surface area contributed by atoms with E-state index in [4.69, 9.17) is 0 Å². The maximum atomic E-state index is 12.9. The molecule has 1 amide bonds. The van der Waals surface area contributed by atoms with Crippen molar-refractivity contribution in [1.29, 1.82) is 0 Å². The van der Waals surface area contributed by atoms with E-state index >= 15 is 0 Å². The highest BCUT2D eigenvalue weighted by molar-refractivity contribution is 7.11. The number of carbonyl (C=O) groups is 1. The van der Waals surface area contributed by atoms with Crippen molar-refractivity contribution in [1.82, 2.24) is 19.7 Å². The van der Waals surface area contributed by atoms with Gasteiger partial charge in [0.25, 0.3) is 5.91 Å². The molecule has 0 aliphatic carbocycles. The van der Waals surface area contributed by atoms with Gasteiger partial charge in [-0.1, -0.05) is 6.07 Å². The lowest BCUT2D eigenvalue weighted by molar-refractivity contribution is 0.0739. The minimum absolute atomic E-state index is 0.0263. The second-order valence-electron chi connectivity index (χ2n) is 5.77. The van der Waals surface area contributed by atoms with Crippen molar-refractivity contribution < 1.29 is 4.79 Å². The first-order valence-corrected chi connectivity index (χ1v) is 8.60. The number of benzene rings is 1. The minimum atomic E-state index is -0.0733. The van der Waals surface area contributed by atoms with Crippen LogP contribution < -0.4 is 0 Å². The molecular formula is C18H20N4OS. The van der Waals surface area contributed by atoms with E-state index in [-0.39, 0.29) is 11.9 Å². The Morgan fingerprint density at radius 3 is 2.71 bits per heavy atom. The summed E-state index contributed by atoms with van der Waals surface area (Å²) in [5.74, 6) is -0.0263. The maximum absolute atomic E-state index is 12.9. The molecule has 0 radical (unpaired) electrons. The molecule has 0 N–H and O–H groups in total. The van der Waals surface area contributed by atoms with Gasteiger partial charge in [0.1, 0.15) is 0 Å². The smallest absolute Gasteiger partial charge is 0.254 e. The van der Waals surface area contributed by atoms with Crippen molar-refractivity contribution in [2.24, 2.45) is 0 Å². The zero-order chi connectivity index (χ0) is 17.3. The number of amides is 1. The Labute approximate surface area is 145 Å². The Kier molecular flexibility index (Phi) is 4.49. The topological polar surface area (TPSA) is 51.0 Å². The number of thiazole rings is 1. The van der Waals surface area contributed by atoms with Gasteiger partial charge in [0.2, 0.25) is 0 Å². The van der Waals surface area contributed by atoms with E-state index in [0.717, 1.165) is 21.3 Å². The standard InChI is InChI=1S/C18H20N4OS/c1-12(17-13(2)24-14(3)20-17)21(4)18(23)15-7-5-8-16(11-15)22-10-6-9-19-22/h5-12H,1-4H3/t12-/m0/s1. The van der Waals surface area contributed by atoms with E-state index in [9.17, 15) is 4.79 Å². The molecule has 3 aromatic rings. The SMILES string of the molecule is Cc1nc([C@H](C)N(C)C(=O)c2cccc(-n3cccn3)c2)c(C)s1. The van der Waals surface area contributed by atoms with Crippen molar-refractivity contribution in [2.75, 3.05) is 7.05 Å². The number of nitrogens with zero attached hydrogens (tertiary/aromatic N) is 4. The van der Waals surface area contributed by atoms with E-state index in [0.29, 0.717) is 5.56 Å². The van der Waals surface area contributed by atoms with E-state index in [2.05, 4.69) is 10.1 Å². The van der Waals surface area contributed by atoms with Crippen LogP contribution in [0.2, 0.25) is 0 Å². The summed E-state index contributed by atoms with van der Waals surface area (Å²) in [6, 6.07) is 9.28. The van der Waals surface area contributed by atoms with Crippen LogP contribution in [-0.4, -0.2) is 32.6 Å². The third kappa shape index (κ3) is 3.10. The molecule has 24 heavy (non-hydrogen) atoms. The van der Waals surface area contributed by atoms with E-state index < -0.39 is 0 Å². The minimum Gasteiger partial charge on any atom is -0.333 e. The van der Waals surface area contributed by atoms with Crippen LogP contribution in [0.15, 0.2) is 42.7 Å². The zero-order valence-electron chi connectivity index (χ0n) is 14.2. The maximum Gasteiger partial charge on any atom is 0.254 e. The molecule has 0 aliphatic rings. The molecule has 0 aliphatic heterocycles. The molecule has 5 nitrogen and oxygen atoms in total. The summed E-state index contributed by atoms with van der Waals surface area (Å²) < 4.78 is 1.74. The van der Waals surface area contributed by atoms with Gasteiger partial charge < -0.3 is 4.90 Å². The fourth-order valence-electron chi connectivity index (χ4n) is 2.70. The number of aromatic nitrogens is 3. The molecule has 3 rings (SSSR count). The van der Waals surface area contributed by atoms with Crippen molar-refractivity contribution in [3.63, 3.8) is 0 Å². The van der Waals surface area contributed by atoms with Crippen molar-refractivity contribution in [3.8, 4) is 5.69 Å².